The highest BCUT2D eigenvalue weighted by Crippen LogP contribution is 2.30. The molecule has 37 heavy (non-hydrogen) atoms. The number of thiophene rings is 1. The van der Waals surface area contributed by atoms with Crippen molar-refractivity contribution in [3.8, 4) is 0 Å². The van der Waals surface area contributed by atoms with E-state index < -0.39 is 5.97 Å². The number of aromatic nitrogens is 2. The minimum absolute atomic E-state index is 0.0568. The number of esters is 1. The van der Waals surface area contributed by atoms with E-state index in [9.17, 15) is 14.4 Å². The molecule has 4 rings (SSSR count). The molecule has 1 N–H and O–H groups in total. The van der Waals surface area contributed by atoms with Gasteiger partial charge in [-0.3, -0.25) is 14.2 Å². The summed E-state index contributed by atoms with van der Waals surface area (Å²) in [6.45, 7) is 4.22. The van der Waals surface area contributed by atoms with Crippen LogP contribution in [0.5, 0.6) is 0 Å². The van der Waals surface area contributed by atoms with Crippen molar-refractivity contribution in [3.63, 3.8) is 0 Å². The summed E-state index contributed by atoms with van der Waals surface area (Å²) < 4.78 is 6.64. The zero-order chi connectivity index (χ0) is 26.5. The van der Waals surface area contributed by atoms with Gasteiger partial charge < -0.3 is 10.1 Å². The summed E-state index contributed by atoms with van der Waals surface area (Å²) in [5.74, 6) is -0.631. The Hall–Kier alpha value is -2.85. The van der Waals surface area contributed by atoms with E-state index in [2.05, 4.69) is 10.3 Å². The van der Waals surface area contributed by atoms with E-state index >= 15 is 0 Å². The summed E-state index contributed by atoms with van der Waals surface area (Å²) >= 11 is 14.5. The van der Waals surface area contributed by atoms with Crippen molar-refractivity contribution < 1.29 is 14.3 Å². The van der Waals surface area contributed by atoms with Crippen molar-refractivity contribution in [2.24, 2.45) is 0 Å². The van der Waals surface area contributed by atoms with E-state index in [1.165, 1.54) is 4.57 Å². The molecule has 0 spiro atoms. The van der Waals surface area contributed by atoms with Crippen LogP contribution in [0.3, 0.4) is 0 Å². The predicted molar refractivity (Wildman–Crippen MR) is 149 cm³/mol. The van der Waals surface area contributed by atoms with Gasteiger partial charge in [0.15, 0.2) is 5.16 Å². The first-order valence-electron chi connectivity index (χ1n) is 11.4. The number of ether oxygens (including phenoxy) is 1. The molecule has 0 bridgehead atoms. The molecule has 0 atom stereocenters. The standard InChI is InChI=1S/C26H23Cl2N3O4S2/c1-3-35-25(34)22-15(2)21-23(37-22)30-26(36-14-20(32)29-12-16-7-5-4-6-8-16)31(24(21)33)13-17-9-10-18(27)19(28)11-17/h4-11H,3,12-14H2,1-2H3,(H,29,32). The third-order valence-electron chi connectivity index (χ3n) is 5.47. The van der Waals surface area contributed by atoms with Crippen LogP contribution in [0.25, 0.3) is 10.2 Å². The zero-order valence-corrected chi connectivity index (χ0v) is 23.2. The molecule has 0 unspecified atom stereocenters. The number of halogens is 2. The minimum Gasteiger partial charge on any atom is -0.462 e. The summed E-state index contributed by atoms with van der Waals surface area (Å²) in [5.41, 5.74) is 1.94. The summed E-state index contributed by atoms with van der Waals surface area (Å²) in [7, 11) is 0. The number of nitrogens with one attached hydrogen (secondary N) is 1. The average molecular weight is 577 g/mol. The number of carbonyl (C=O) groups excluding carboxylic acids is 2. The van der Waals surface area contributed by atoms with Gasteiger partial charge in [0, 0.05) is 6.54 Å². The second-order valence-electron chi connectivity index (χ2n) is 8.04. The molecule has 0 radical (unpaired) electrons. The highest BCUT2D eigenvalue weighted by atomic mass is 35.5. The fourth-order valence-electron chi connectivity index (χ4n) is 3.64. The van der Waals surface area contributed by atoms with Gasteiger partial charge in [-0.2, -0.15) is 0 Å². The maximum absolute atomic E-state index is 13.7. The first-order valence-corrected chi connectivity index (χ1v) is 13.9. The highest BCUT2D eigenvalue weighted by Gasteiger charge is 2.23. The first kappa shape index (κ1) is 27.2. The molecule has 0 aliphatic heterocycles. The van der Waals surface area contributed by atoms with Crippen LogP contribution >= 0.6 is 46.3 Å². The molecule has 11 heteroatoms. The molecule has 0 aliphatic carbocycles. The topological polar surface area (TPSA) is 90.3 Å². The van der Waals surface area contributed by atoms with Crippen LogP contribution in [0.15, 0.2) is 58.5 Å². The lowest BCUT2D eigenvalue weighted by atomic mass is 10.2. The van der Waals surface area contributed by atoms with Crippen LogP contribution in [-0.4, -0.2) is 33.8 Å². The molecule has 2 aromatic heterocycles. The summed E-state index contributed by atoms with van der Waals surface area (Å²) in [4.78, 5) is 44.1. The molecule has 7 nitrogen and oxygen atoms in total. The fraction of sp³-hybridized carbons (Fsp3) is 0.231. The van der Waals surface area contributed by atoms with Gasteiger partial charge >= 0.3 is 5.97 Å². The molecule has 1 amide bonds. The van der Waals surface area contributed by atoms with Gasteiger partial charge in [-0.25, -0.2) is 9.78 Å². The number of aryl methyl sites for hydroxylation is 1. The van der Waals surface area contributed by atoms with Crippen LogP contribution in [0.2, 0.25) is 10.0 Å². The SMILES string of the molecule is CCOC(=O)c1sc2nc(SCC(=O)NCc3ccccc3)n(Cc3ccc(Cl)c(Cl)c3)c(=O)c2c1C. The fourth-order valence-corrected chi connectivity index (χ4v) is 5.90. The molecule has 0 saturated carbocycles. The van der Waals surface area contributed by atoms with Gasteiger partial charge in [-0.1, -0.05) is 71.4 Å². The maximum atomic E-state index is 13.7. The van der Waals surface area contributed by atoms with Gasteiger partial charge in [-0.15, -0.1) is 11.3 Å². The number of rotatable bonds is 9. The normalized spacial score (nSPS) is 11.0. The average Bonchev–Trinajstić information content (AvgIpc) is 3.22. The number of nitrogens with zero attached hydrogens (tertiary/aromatic N) is 2. The number of fused-ring (bicyclic) bond motifs is 1. The van der Waals surface area contributed by atoms with Crippen molar-refractivity contribution in [1.29, 1.82) is 0 Å². The lowest BCUT2D eigenvalue weighted by Gasteiger charge is -2.13. The molecule has 4 aromatic rings. The van der Waals surface area contributed by atoms with E-state index in [4.69, 9.17) is 27.9 Å². The monoisotopic (exact) mass is 575 g/mol. The molecule has 0 fully saturated rings. The van der Waals surface area contributed by atoms with Gasteiger partial charge in [0.25, 0.3) is 5.56 Å². The van der Waals surface area contributed by atoms with E-state index in [1.54, 1.807) is 32.0 Å². The van der Waals surface area contributed by atoms with E-state index in [0.29, 0.717) is 42.4 Å². The molecule has 0 saturated heterocycles. The number of hydrogen-bond acceptors (Lipinski definition) is 7. The van der Waals surface area contributed by atoms with E-state index in [1.807, 2.05) is 30.3 Å². The second kappa shape index (κ2) is 12.1. The largest absolute Gasteiger partial charge is 0.462 e. The van der Waals surface area contributed by atoms with Crippen LogP contribution < -0.4 is 10.9 Å². The molecular formula is C26H23Cl2N3O4S2. The van der Waals surface area contributed by atoms with Crippen LogP contribution in [0.4, 0.5) is 0 Å². The van der Waals surface area contributed by atoms with E-state index in [-0.39, 0.29) is 30.4 Å². The Balaban J connectivity index is 1.67. The van der Waals surface area contributed by atoms with Crippen molar-refractivity contribution in [2.75, 3.05) is 12.4 Å². The van der Waals surface area contributed by atoms with Gasteiger partial charge in [0.1, 0.15) is 9.71 Å². The third-order valence-corrected chi connectivity index (χ3v) is 8.35. The lowest BCUT2D eigenvalue weighted by molar-refractivity contribution is -0.118. The van der Waals surface area contributed by atoms with Crippen molar-refractivity contribution in [2.45, 2.75) is 32.1 Å². The Morgan fingerprint density at radius 2 is 1.86 bits per heavy atom. The van der Waals surface area contributed by atoms with Crippen LogP contribution in [0.1, 0.15) is 33.3 Å². The molecule has 0 aliphatic rings. The number of thioether (sulfide) groups is 1. The van der Waals surface area contributed by atoms with Crippen LogP contribution in [0, 0.1) is 6.92 Å². The molecule has 192 valence electrons. The molecule has 2 aromatic carbocycles. The quantitative estimate of drug-likeness (QED) is 0.156. The third kappa shape index (κ3) is 6.35. The highest BCUT2D eigenvalue weighted by molar-refractivity contribution is 7.99. The summed E-state index contributed by atoms with van der Waals surface area (Å²) in [5, 5.41) is 4.36. The zero-order valence-electron chi connectivity index (χ0n) is 20.0. The Morgan fingerprint density at radius 1 is 1.11 bits per heavy atom. The molecular weight excluding hydrogens is 553 g/mol. The smallest absolute Gasteiger partial charge is 0.348 e. The molecule has 2 heterocycles. The Morgan fingerprint density at radius 3 is 2.57 bits per heavy atom. The number of hydrogen-bond donors (Lipinski definition) is 1. The van der Waals surface area contributed by atoms with E-state index in [0.717, 1.165) is 34.2 Å². The van der Waals surface area contributed by atoms with Crippen LogP contribution in [-0.2, 0) is 22.6 Å². The van der Waals surface area contributed by atoms with Crippen molar-refractivity contribution >= 4 is 68.4 Å². The Kier molecular flexibility index (Phi) is 8.91. The van der Waals surface area contributed by atoms with Gasteiger partial charge in [0.05, 0.1) is 34.3 Å². The van der Waals surface area contributed by atoms with Gasteiger partial charge in [0.2, 0.25) is 5.91 Å². The number of amides is 1. The maximum Gasteiger partial charge on any atom is 0.348 e. The Labute approximate surface area is 231 Å². The number of benzene rings is 2. The minimum atomic E-state index is -0.493. The van der Waals surface area contributed by atoms with Gasteiger partial charge in [-0.05, 0) is 42.7 Å². The number of carbonyl (C=O) groups is 2. The summed E-state index contributed by atoms with van der Waals surface area (Å²) in [6, 6.07) is 14.7. The first-order chi connectivity index (χ1) is 17.8. The summed E-state index contributed by atoms with van der Waals surface area (Å²) in [6.07, 6.45) is 0. The van der Waals surface area contributed by atoms with Crippen molar-refractivity contribution in [3.05, 3.63) is 90.5 Å². The Bertz CT molecular complexity index is 1520. The predicted octanol–water partition coefficient (Wildman–Crippen LogP) is 5.71. The van der Waals surface area contributed by atoms with Crippen molar-refractivity contribution in [1.82, 2.24) is 14.9 Å². The second-order valence-corrected chi connectivity index (χ2v) is 10.8. The lowest BCUT2D eigenvalue weighted by Crippen LogP contribution is -2.27.